The van der Waals surface area contributed by atoms with Crippen LogP contribution in [-0.4, -0.2) is 28.4 Å². The minimum Gasteiger partial charge on any atom is -0.507 e. The summed E-state index contributed by atoms with van der Waals surface area (Å²) < 4.78 is 9.37. The monoisotopic (exact) mass is 250 g/mol. The molecule has 1 aromatic carbocycles. The summed E-state index contributed by atoms with van der Waals surface area (Å²) in [6.07, 6.45) is 0. The van der Waals surface area contributed by atoms with Gasteiger partial charge in [0.15, 0.2) is 11.6 Å². The van der Waals surface area contributed by atoms with Crippen LogP contribution >= 0.6 is 0 Å². The fraction of sp³-hybridized carbons (Fsp3) is 0.0909. The van der Waals surface area contributed by atoms with Crippen LogP contribution in [0.1, 0.15) is 10.4 Å². The standard InChI is InChI=1S/C11H10N2O5/c1-17-11(16)6-2-5(7(14)3-8(6)15)9-4-10(12)13-18-9/h2-4,14-15H,1H3,(H2,12,13). The molecule has 0 fully saturated rings. The summed E-state index contributed by atoms with van der Waals surface area (Å²) in [5.41, 5.74) is 5.47. The van der Waals surface area contributed by atoms with Gasteiger partial charge in [0.05, 0.1) is 12.7 Å². The molecule has 94 valence electrons. The molecule has 0 aliphatic heterocycles. The highest BCUT2D eigenvalue weighted by molar-refractivity contribution is 5.94. The summed E-state index contributed by atoms with van der Waals surface area (Å²) in [6, 6.07) is 3.63. The number of phenols is 2. The molecule has 0 atom stereocenters. The Morgan fingerprint density at radius 3 is 2.61 bits per heavy atom. The van der Waals surface area contributed by atoms with Crippen molar-refractivity contribution in [2.24, 2.45) is 0 Å². The average Bonchev–Trinajstić information content (AvgIpc) is 2.75. The molecule has 0 aliphatic carbocycles. The number of carbonyl (C=O) groups is 1. The molecule has 1 aromatic heterocycles. The molecule has 0 aliphatic rings. The van der Waals surface area contributed by atoms with Gasteiger partial charge in [0.2, 0.25) is 0 Å². The number of aromatic nitrogens is 1. The molecular weight excluding hydrogens is 240 g/mol. The molecule has 0 amide bonds. The van der Waals surface area contributed by atoms with Crippen molar-refractivity contribution < 1.29 is 24.3 Å². The Morgan fingerprint density at radius 1 is 1.33 bits per heavy atom. The summed E-state index contributed by atoms with van der Waals surface area (Å²) in [7, 11) is 1.18. The highest BCUT2D eigenvalue weighted by Crippen LogP contribution is 2.35. The second-order valence-corrected chi connectivity index (χ2v) is 3.49. The molecule has 0 bridgehead atoms. The maximum atomic E-state index is 11.4. The largest absolute Gasteiger partial charge is 0.507 e. The minimum atomic E-state index is -0.735. The number of benzene rings is 1. The normalized spacial score (nSPS) is 10.3. The molecule has 0 saturated heterocycles. The number of phenolic OH excluding ortho intramolecular Hbond substituents is 2. The van der Waals surface area contributed by atoms with E-state index in [0.29, 0.717) is 0 Å². The summed E-state index contributed by atoms with van der Waals surface area (Å²) in [6.45, 7) is 0. The maximum Gasteiger partial charge on any atom is 0.341 e. The van der Waals surface area contributed by atoms with Crippen molar-refractivity contribution in [1.29, 1.82) is 0 Å². The van der Waals surface area contributed by atoms with E-state index in [0.717, 1.165) is 6.07 Å². The van der Waals surface area contributed by atoms with Crippen molar-refractivity contribution in [1.82, 2.24) is 5.16 Å². The zero-order valence-electron chi connectivity index (χ0n) is 9.38. The first-order valence-electron chi connectivity index (χ1n) is 4.89. The predicted octanol–water partition coefficient (Wildman–Crippen LogP) is 1.12. The molecule has 2 aromatic rings. The lowest BCUT2D eigenvalue weighted by Gasteiger charge is -2.06. The molecule has 2 rings (SSSR count). The van der Waals surface area contributed by atoms with E-state index in [1.807, 2.05) is 0 Å². The number of aromatic hydroxyl groups is 2. The van der Waals surface area contributed by atoms with E-state index in [9.17, 15) is 15.0 Å². The van der Waals surface area contributed by atoms with Crippen molar-refractivity contribution >= 4 is 11.8 Å². The van der Waals surface area contributed by atoms with Gasteiger partial charge >= 0.3 is 5.97 Å². The number of hydrogen-bond donors (Lipinski definition) is 3. The van der Waals surface area contributed by atoms with Crippen LogP contribution in [0.4, 0.5) is 5.82 Å². The van der Waals surface area contributed by atoms with Gasteiger partial charge in [-0.1, -0.05) is 5.16 Å². The molecule has 0 spiro atoms. The average molecular weight is 250 g/mol. The fourth-order valence-electron chi connectivity index (χ4n) is 1.46. The zero-order valence-corrected chi connectivity index (χ0v) is 9.38. The van der Waals surface area contributed by atoms with E-state index in [2.05, 4.69) is 9.89 Å². The van der Waals surface area contributed by atoms with Crippen molar-refractivity contribution in [3.63, 3.8) is 0 Å². The smallest absolute Gasteiger partial charge is 0.341 e. The first kappa shape index (κ1) is 11.8. The quantitative estimate of drug-likeness (QED) is 0.683. The number of carbonyl (C=O) groups excluding carboxylic acids is 1. The Bertz CT molecular complexity index is 605. The Hall–Kier alpha value is -2.70. The van der Waals surface area contributed by atoms with Gasteiger partial charge in [-0.3, -0.25) is 0 Å². The van der Waals surface area contributed by atoms with E-state index < -0.39 is 11.7 Å². The van der Waals surface area contributed by atoms with E-state index in [-0.39, 0.29) is 28.5 Å². The Labute approximate surface area is 101 Å². The van der Waals surface area contributed by atoms with Gasteiger partial charge in [-0.25, -0.2) is 4.79 Å². The van der Waals surface area contributed by atoms with Crippen molar-refractivity contribution in [2.45, 2.75) is 0 Å². The highest BCUT2D eigenvalue weighted by Gasteiger charge is 2.18. The molecule has 0 unspecified atom stereocenters. The lowest BCUT2D eigenvalue weighted by Crippen LogP contribution is -2.01. The third kappa shape index (κ3) is 1.93. The summed E-state index contributed by atoms with van der Waals surface area (Å²) in [5.74, 6) is -1.08. The lowest BCUT2D eigenvalue weighted by atomic mass is 10.1. The van der Waals surface area contributed by atoms with Crippen molar-refractivity contribution in [2.75, 3.05) is 12.8 Å². The van der Waals surface area contributed by atoms with E-state index in [4.69, 9.17) is 10.3 Å². The Kier molecular flexibility index (Phi) is 2.80. The number of rotatable bonds is 2. The fourth-order valence-corrected chi connectivity index (χ4v) is 1.46. The Balaban J connectivity index is 2.58. The van der Waals surface area contributed by atoms with Gasteiger partial charge < -0.3 is 25.2 Å². The predicted molar refractivity (Wildman–Crippen MR) is 61.0 cm³/mol. The number of nitrogens with two attached hydrogens (primary N) is 1. The number of esters is 1. The van der Waals surface area contributed by atoms with Gasteiger partial charge in [0.25, 0.3) is 0 Å². The third-order valence-corrected chi connectivity index (χ3v) is 2.31. The molecule has 4 N–H and O–H groups in total. The number of nitrogens with zero attached hydrogens (tertiary/aromatic N) is 1. The van der Waals surface area contributed by atoms with Crippen molar-refractivity contribution in [3.05, 3.63) is 23.8 Å². The highest BCUT2D eigenvalue weighted by atomic mass is 16.5. The third-order valence-electron chi connectivity index (χ3n) is 2.31. The summed E-state index contributed by atoms with van der Waals surface area (Å²) in [5, 5.41) is 22.7. The maximum absolute atomic E-state index is 11.4. The van der Waals surface area contributed by atoms with Crippen LogP contribution in [0.15, 0.2) is 22.7 Å². The first-order valence-corrected chi connectivity index (χ1v) is 4.89. The van der Waals surface area contributed by atoms with Gasteiger partial charge in [0.1, 0.15) is 17.1 Å². The molecule has 7 heteroatoms. The van der Waals surface area contributed by atoms with E-state index in [1.165, 1.54) is 19.2 Å². The van der Waals surface area contributed by atoms with Crippen LogP contribution in [0.2, 0.25) is 0 Å². The van der Waals surface area contributed by atoms with Crippen LogP contribution in [0.5, 0.6) is 11.5 Å². The van der Waals surface area contributed by atoms with Crippen LogP contribution in [0, 0.1) is 0 Å². The first-order chi connectivity index (χ1) is 8.52. The number of nitrogen functional groups attached to an aromatic ring is 1. The van der Waals surface area contributed by atoms with Gasteiger partial charge in [0, 0.05) is 12.1 Å². The molecule has 1 heterocycles. The van der Waals surface area contributed by atoms with E-state index in [1.54, 1.807) is 0 Å². The summed E-state index contributed by atoms with van der Waals surface area (Å²) >= 11 is 0. The van der Waals surface area contributed by atoms with Gasteiger partial charge in [-0.15, -0.1) is 0 Å². The SMILES string of the molecule is COC(=O)c1cc(-c2cc(N)no2)c(O)cc1O. The zero-order chi connectivity index (χ0) is 13.3. The number of methoxy groups -OCH3 is 1. The number of ether oxygens (including phenoxy) is 1. The number of anilines is 1. The minimum absolute atomic E-state index is 0.0970. The lowest BCUT2D eigenvalue weighted by molar-refractivity contribution is 0.0597. The second-order valence-electron chi connectivity index (χ2n) is 3.49. The van der Waals surface area contributed by atoms with Crippen molar-refractivity contribution in [3.8, 4) is 22.8 Å². The van der Waals surface area contributed by atoms with Gasteiger partial charge in [-0.2, -0.15) is 0 Å². The molecule has 0 saturated carbocycles. The molecule has 18 heavy (non-hydrogen) atoms. The topological polar surface area (TPSA) is 119 Å². The van der Waals surface area contributed by atoms with Crippen LogP contribution in [-0.2, 0) is 4.74 Å². The van der Waals surface area contributed by atoms with Crippen LogP contribution in [0.25, 0.3) is 11.3 Å². The molecule has 0 radical (unpaired) electrons. The molecule has 7 nitrogen and oxygen atoms in total. The van der Waals surface area contributed by atoms with Gasteiger partial charge in [-0.05, 0) is 6.07 Å². The summed E-state index contributed by atoms with van der Waals surface area (Å²) in [4.78, 5) is 11.4. The number of hydrogen-bond acceptors (Lipinski definition) is 7. The Morgan fingerprint density at radius 2 is 2.06 bits per heavy atom. The van der Waals surface area contributed by atoms with Crippen LogP contribution < -0.4 is 5.73 Å². The second kappa shape index (κ2) is 4.28. The van der Waals surface area contributed by atoms with E-state index >= 15 is 0 Å². The van der Waals surface area contributed by atoms with Crippen LogP contribution in [0.3, 0.4) is 0 Å². The molecular formula is C11H10N2O5.